The van der Waals surface area contributed by atoms with Gasteiger partial charge in [-0.25, -0.2) is 0 Å². The lowest BCUT2D eigenvalue weighted by atomic mass is 9.88. The van der Waals surface area contributed by atoms with Crippen LogP contribution in [0.1, 0.15) is 19.8 Å². The summed E-state index contributed by atoms with van der Waals surface area (Å²) >= 11 is 0. The normalized spacial score (nSPS) is 57.4. The monoisotopic (exact) mass is 447 g/mol. The van der Waals surface area contributed by atoms with Gasteiger partial charge in [-0.15, -0.1) is 0 Å². The highest BCUT2D eigenvalue weighted by Gasteiger charge is 2.68. The van der Waals surface area contributed by atoms with Gasteiger partial charge in [0.15, 0.2) is 6.29 Å². The fourth-order valence-electron chi connectivity index (χ4n) is 5.45. The van der Waals surface area contributed by atoms with E-state index in [4.69, 9.17) is 31.4 Å². The van der Waals surface area contributed by atoms with E-state index in [0.717, 1.165) is 6.42 Å². The first kappa shape index (κ1) is 23.7. The third kappa shape index (κ3) is 4.03. The second-order valence-corrected chi connectivity index (χ2v) is 9.51. The van der Waals surface area contributed by atoms with Crippen molar-refractivity contribution in [3.8, 4) is 0 Å². The highest BCUT2D eigenvalue weighted by molar-refractivity contribution is 5.21. The average molecular weight is 448 g/mol. The number of likely N-dealkylation sites (tertiary alicyclic amines) is 1. The average Bonchev–Trinajstić information content (AvgIpc) is 3.46. The largest absolute Gasteiger partial charge is 0.390 e. The summed E-state index contributed by atoms with van der Waals surface area (Å²) in [4.78, 5) is 1.70. The Bertz CT molecular complexity index is 645. The molecule has 0 bridgehead atoms. The molecule has 4 fully saturated rings. The van der Waals surface area contributed by atoms with E-state index in [2.05, 4.69) is 5.32 Å². The van der Waals surface area contributed by atoms with Crippen LogP contribution in [0.25, 0.3) is 0 Å². The highest BCUT2D eigenvalue weighted by atomic mass is 16.7. The van der Waals surface area contributed by atoms with Crippen molar-refractivity contribution in [3.63, 3.8) is 0 Å². The third-order valence-corrected chi connectivity index (χ3v) is 7.27. The maximum absolute atomic E-state index is 11.0. The van der Waals surface area contributed by atoms with Crippen LogP contribution in [0.4, 0.5) is 0 Å². The van der Waals surface area contributed by atoms with E-state index >= 15 is 0 Å². The van der Waals surface area contributed by atoms with E-state index in [1.807, 2.05) is 0 Å². The van der Waals surface area contributed by atoms with Crippen molar-refractivity contribution >= 4 is 0 Å². The number of likely N-dealkylation sites (N-methyl/N-ethyl adjacent to an activating group) is 1. The first-order chi connectivity index (χ1) is 14.6. The van der Waals surface area contributed by atoms with Gasteiger partial charge >= 0.3 is 0 Å². The number of aliphatic hydroxyl groups excluding tert-OH is 3. The van der Waals surface area contributed by atoms with E-state index in [-0.39, 0.29) is 12.7 Å². The predicted molar refractivity (Wildman–Crippen MR) is 108 cm³/mol. The molecule has 31 heavy (non-hydrogen) atoms. The first-order valence-electron chi connectivity index (χ1n) is 11.0. The third-order valence-electron chi connectivity index (χ3n) is 7.27. The van der Waals surface area contributed by atoms with Crippen LogP contribution in [0.3, 0.4) is 0 Å². The molecule has 0 radical (unpaired) electrons. The number of aliphatic hydroxyl groups is 4. The Balaban J connectivity index is 1.47. The van der Waals surface area contributed by atoms with Crippen LogP contribution in [-0.4, -0.2) is 124 Å². The molecule has 14 atom stereocenters. The number of rotatable bonds is 5. The lowest BCUT2D eigenvalue weighted by Gasteiger charge is -2.44. The molecule has 4 rings (SSSR count). The topological polar surface area (TPSA) is 202 Å². The zero-order valence-electron chi connectivity index (χ0n) is 17.9. The Morgan fingerprint density at radius 1 is 1.13 bits per heavy atom. The highest BCUT2D eigenvalue weighted by Crippen LogP contribution is 2.46. The van der Waals surface area contributed by atoms with Crippen molar-refractivity contribution in [2.75, 3.05) is 20.2 Å². The fraction of sp³-hybridized carbons (Fsp3) is 1.00. The van der Waals surface area contributed by atoms with Crippen LogP contribution >= 0.6 is 0 Å². The van der Waals surface area contributed by atoms with Gasteiger partial charge in [-0.3, -0.25) is 4.90 Å². The van der Waals surface area contributed by atoms with Gasteiger partial charge in [-0.2, -0.15) is 0 Å². The number of nitrogens with two attached hydrogens (primary N) is 3. The summed E-state index contributed by atoms with van der Waals surface area (Å²) < 4.78 is 17.5. The molecule has 3 saturated heterocycles. The molecule has 0 spiro atoms. The maximum Gasteiger partial charge on any atom is 0.173 e. The summed E-state index contributed by atoms with van der Waals surface area (Å²) in [6.07, 6.45) is -4.48. The number of fused-ring (bicyclic) bond motifs is 1. The standard InChI is InChI=1S/C19H37N5O7/c1-19(28)6-29-17(14(27)16(19)23-2)24-10-11(24)13(26)15(9(22)12(10)25)31-18-8(21)4-3-7(5-20)30-18/h7-18,23,25-28H,3-6,20-22H2,1-2H3/t7-,8?,9-,10?,11-,12+,13?,14?,15?,16+,17+,18+,19-,24+/m0/s1. The van der Waals surface area contributed by atoms with Crippen molar-refractivity contribution in [2.24, 2.45) is 17.2 Å². The van der Waals surface area contributed by atoms with Crippen molar-refractivity contribution < 1.29 is 34.6 Å². The Morgan fingerprint density at radius 3 is 2.45 bits per heavy atom. The van der Waals surface area contributed by atoms with Gasteiger partial charge < -0.3 is 57.2 Å². The van der Waals surface area contributed by atoms with E-state index < -0.39 is 72.7 Å². The zero-order valence-corrected chi connectivity index (χ0v) is 17.9. The van der Waals surface area contributed by atoms with Crippen LogP contribution in [0.2, 0.25) is 0 Å². The van der Waals surface area contributed by atoms with E-state index in [0.29, 0.717) is 13.0 Å². The van der Waals surface area contributed by atoms with Crippen molar-refractivity contribution in [1.82, 2.24) is 10.2 Å². The van der Waals surface area contributed by atoms with Crippen LogP contribution in [0.5, 0.6) is 0 Å². The molecule has 3 heterocycles. The Hall–Kier alpha value is -0.480. The molecule has 0 aromatic rings. The molecule has 11 N–H and O–H groups in total. The minimum atomic E-state index is -1.26. The van der Waals surface area contributed by atoms with E-state index in [9.17, 15) is 20.4 Å². The summed E-state index contributed by atoms with van der Waals surface area (Å²) in [6.45, 7) is 1.90. The summed E-state index contributed by atoms with van der Waals surface area (Å²) in [5.74, 6) is 0. The smallest absolute Gasteiger partial charge is 0.173 e. The lowest BCUT2D eigenvalue weighted by Crippen LogP contribution is -2.66. The second-order valence-electron chi connectivity index (χ2n) is 9.51. The van der Waals surface area contributed by atoms with Crippen LogP contribution in [0, 0.1) is 0 Å². The van der Waals surface area contributed by atoms with Gasteiger partial charge in [-0.05, 0) is 26.8 Å². The summed E-state index contributed by atoms with van der Waals surface area (Å²) in [7, 11) is 1.64. The molecule has 3 aliphatic heterocycles. The number of nitrogens with zero attached hydrogens (tertiary/aromatic N) is 1. The molecule has 4 aliphatic rings. The predicted octanol–water partition coefficient (Wildman–Crippen LogP) is -4.67. The van der Waals surface area contributed by atoms with E-state index in [1.54, 1.807) is 18.9 Å². The molecule has 12 heteroatoms. The second kappa shape index (κ2) is 8.70. The van der Waals surface area contributed by atoms with Crippen molar-refractivity contribution in [3.05, 3.63) is 0 Å². The molecular weight excluding hydrogens is 410 g/mol. The summed E-state index contributed by atoms with van der Waals surface area (Å²) in [5, 5.41) is 46.1. The number of ether oxygens (including phenoxy) is 3. The Morgan fingerprint density at radius 2 is 1.81 bits per heavy atom. The van der Waals surface area contributed by atoms with Crippen molar-refractivity contribution in [1.29, 1.82) is 0 Å². The van der Waals surface area contributed by atoms with Crippen LogP contribution in [0.15, 0.2) is 0 Å². The Labute approximate surface area is 181 Å². The molecular formula is C19H37N5O7. The minimum Gasteiger partial charge on any atom is -0.390 e. The molecule has 5 unspecified atom stereocenters. The van der Waals surface area contributed by atoms with Gasteiger partial charge in [-0.1, -0.05) is 0 Å². The molecule has 1 saturated carbocycles. The number of hydrogen-bond donors (Lipinski definition) is 8. The summed E-state index contributed by atoms with van der Waals surface area (Å²) in [5.41, 5.74) is 16.8. The number of nitrogens with one attached hydrogen (secondary N) is 1. The SMILES string of the molecule is CN[C@@H]1C(O)[C@H]([N@]2C3[C@H]2C(O)C(O[C@H]2O[C@H](CN)CCC2N)[C@@H](N)[C@H]3O)OC[C@]1(C)O. The van der Waals surface area contributed by atoms with Crippen LogP contribution in [-0.2, 0) is 14.2 Å². The molecule has 12 nitrogen and oxygen atoms in total. The van der Waals surface area contributed by atoms with Gasteiger partial charge in [0.25, 0.3) is 0 Å². The van der Waals surface area contributed by atoms with Gasteiger partial charge in [0.05, 0.1) is 55.1 Å². The molecule has 180 valence electrons. The van der Waals surface area contributed by atoms with Crippen LogP contribution < -0.4 is 22.5 Å². The maximum atomic E-state index is 11.0. The van der Waals surface area contributed by atoms with Gasteiger partial charge in [0.2, 0.25) is 0 Å². The van der Waals surface area contributed by atoms with Gasteiger partial charge in [0.1, 0.15) is 24.0 Å². The first-order valence-corrected chi connectivity index (χ1v) is 11.0. The molecule has 0 amide bonds. The summed E-state index contributed by atoms with van der Waals surface area (Å²) in [6, 6.07) is -2.95. The molecule has 1 aliphatic carbocycles. The number of hydrogen-bond acceptors (Lipinski definition) is 12. The zero-order chi connectivity index (χ0) is 22.7. The molecule has 0 aromatic carbocycles. The Kier molecular flexibility index (Phi) is 6.65. The van der Waals surface area contributed by atoms with Crippen molar-refractivity contribution in [2.45, 2.75) is 98.6 Å². The lowest BCUT2D eigenvalue weighted by molar-refractivity contribution is -0.245. The van der Waals surface area contributed by atoms with E-state index in [1.165, 1.54) is 0 Å². The minimum absolute atomic E-state index is 0.0143. The molecule has 0 aromatic heterocycles. The quantitative estimate of drug-likeness (QED) is 0.188. The van der Waals surface area contributed by atoms with Gasteiger partial charge in [0, 0.05) is 6.54 Å². The fourth-order valence-corrected chi connectivity index (χ4v) is 5.45.